The molecule has 2 saturated carbocycles. The van der Waals surface area contributed by atoms with Crippen LogP contribution in [0.3, 0.4) is 0 Å². The van der Waals surface area contributed by atoms with Crippen LogP contribution >= 0.6 is 0 Å². The molecule has 0 heterocycles. The molecule has 4 unspecified atom stereocenters. The summed E-state index contributed by atoms with van der Waals surface area (Å²) in [6, 6.07) is 9.03. The van der Waals surface area contributed by atoms with Gasteiger partial charge in [-0.3, -0.25) is 0 Å². The Labute approximate surface area is 122 Å². The van der Waals surface area contributed by atoms with E-state index in [0.29, 0.717) is 5.41 Å². The maximum absolute atomic E-state index is 6.27. The van der Waals surface area contributed by atoms with Crippen LogP contribution in [0, 0.1) is 23.2 Å². The van der Waals surface area contributed by atoms with E-state index in [4.69, 9.17) is 5.73 Å². The number of benzene rings is 1. The first-order valence-electron chi connectivity index (χ1n) is 8.55. The van der Waals surface area contributed by atoms with E-state index in [0.717, 1.165) is 24.3 Å². The van der Waals surface area contributed by atoms with E-state index in [-0.39, 0.29) is 0 Å². The summed E-state index contributed by atoms with van der Waals surface area (Å²) >= 11 is 0. The molecular formula is C19H27N. The molecule has 4 atom stereocenters. The predicted molar refractivity (Wildman–Crippen MR) is 83.5 cm³/mol. The SMILES string of the molecule is NCC1(CC2CC3CCC2C3)CCc2ccccc2C1. The van der Waals surface area contributed by atoms with Crippen molar-refractivity contribution in [3.8, 4) is 0 Å². The van der Waals surface area contributed by atoms with Crippen molar-refractivity contribution in [2.24, 2.45) is 28.9 Å². The fourth-order valence-electron chi connectivity index (χ4n) is 5.48. The topological polar surface area (TPSA) is 26.0 Å². The molecule has 0 aliphatic heterocycles. The lowest BCUT2D eigenvalue weighted by molar-refractivity contribution is 0.157. The Morgan fingerprint density at radius 2 is 1.95 bits per heavy atom. The van der Waals surface area contributed by atoms with Gasteiger partial charge in [-0.25, -0.2) is 0 Å². The Balaban J connectivity index is 1.53. The van der Waals surface area contributed by atoms with Crippen LogP contribution in [0.25, 0.3) is 0 Å². The average molecular weight is 269 g/mol. The largest absolute Gasteiger partial charge is 0.330 e. The highest BCUT2D eigenvalue weighted by molar-refractivity contribution is 5.31. The first kappa shape index (κ1) is 12.9. The third kappa shape index (κ3) is 2.11. The molecule has 2 N–H and O–H groups in total. The Hall–Kier alpha value is -0.820. The minimum absolute atomic E-state index is 0.406. The van der Waals surface area contributed by atoms with Crippen LogP contribution in [0.2, 0.25) is 0 Å². The summed E-state index contributed by atoms with van der Waals surface area (Å²) in [6.45, 7) is 0.884. The minimum atomic E-state index is 0.406. The Morgan fingerprint density at radius 1 is 1.10 bits per heavy atom. The molecule has 4 rings (SSSR count). The van der Waals surface area contributed by atoms with Crippen molar-refractivity contribution >= 4 is 0 Å². The molecule has 0 spiro atoms. The minimum Gasteiger partial charge on any atom is -0.330 e. The van der Waals surface area contributed by atoms with Crippen LogP contribution in [0.5, 0.6) is 0 Å². The standard InChI is InChI=1S/C19H27N/c20-13-19(12-18-10-14-5-6-16(18)9-14)8-7-15-3-1-2-4-17(15)11-19/h1-4,14,16,18H,5-13,20H2. The summed E-state index contributed by atoms with van der Waals surface area (Å²) in [5.74, 6) is 3.10. The van der Waals surface area contributed by atoms with E-state index >= 15 is 0 Å². The Morgan fingerprint density at radius 3 is 2.65 bits per heavy atom. The second kappa shape index (κ2) is 4.87. The summed E-state index contributed by atoms with van der Waals surface area (Å²) in [5.41, 5.74) is 9.83. The number of rotatable bonds is 3. The summed E-state index contributed by atoms with van der Waals surface area (Å²) in [7, 11) is 0. The fraction of sp³-hybridized carbons (Fsp3) is 0.684. The molecule has 0 saturated heterocycles. The summed E-state index contributed by atoms with van der Waals surface area (Å²) in [4.78, 5) is 0. The highest BCUT2D eigenvalue weighted by Crippen LogP contribution is 2.53. The van der Waals surface area contributed by atoms with Gasteiger partial charge in [-0.2, -0.15) is 0 Å². The van der Waals surface area contributed by atoms with Gasteiger partial charge < -0.3 is 5.73 Å². The van der Waals surface area contributed by atoms with Gasteiger partial charge in [0, 0.05) is 0 Å². The molecule has 2 bridgehead atoms. The maximum Gasteiger partial charge on any atom is -0.00171 e. The average Bonchev–Trinajstić information content (AvgIpc) is 3.09. The molecule has 108 valence electrons. The number of hydrogen-bond donors (Lipinski definition) is 1. The van der Waals surface area contributed by atoms with Gasteiger partial charge in [-0.1, -0.05) is 30.7 Å². The summed E-state index contributed by atoms with van der Waals surface area (Å²) in [6.07, 6.45) is 11.2. The lowest BCUT2D eigenvalue weighted by atomic mass is 9.65. The highest BCUT2D eigenvalue weighted by Gasteiger charge is 2.44. The lowest BCUT2D eigenvalue weighted by Gasteiger charge is -2.41. The van der Waals surface area contributed by atoms with Gasteiger partial charge in [0.15, 0.2) is 0 Å². The van der Waals surface area contributed by atoms with E-state index in [2.05, 4.69) is 24.3 Å². The van der Waals surface area contributed by atoms with E-state index in [1.807, 2.05) is 0 Å². The zero-order valence-corrected chi connectivity index (χ0v) is 12.5. The molecule has 0 radical (unpaired) electrons. The first-order valence-corrected chi connectivity index (χ1v) is 8.55. The van der Waals surface area contributed by atoms with Gasteiger partial charge in [0.1, 0.15) is 0 Å². The van der Waals surface area contributed by atoms with Crippen LogP contribution in [0.4, 0.5) is 0 Å². The van der Waals surface area contributed by atoms with Gasteiger partial charge in [0.2, 0.25) is 0 Å². The molecule has 1 nitrogen and oxygen atoms in total. The molecule has 1 aromatic rings. The van der Waals surface area contributed by atoms with Crippen molar-refractivity contribution in [1.82, 2.24) is 0 Å². The molecule has 0 amide bonds. The normalized spacial score (nSPS) is 39.0. The fourth-order valence-corrected chi connectivity index (χ4v) is 5.48. The van der Waals surface area contributed by atoms with Crippen LogP contribution in [0.1, 0.15) is 49.7 Å². The monoisotopic (exact) mass is 269 g/mol. The molecule has 0 aromatic heterocycles. The van der Waals surface area contributed by atoms with Crippen LogP contribution in [0.15, 0.2) is 24.3 Å². The lowest BCUT2D eigenvalue weighted by Crippen LogP contribution is -2.39. The van der Waals surface area contributed by atoms with Crippen LogP contribution < -0.4 is 5.73 Å². The molecule has 1 heteroatoms. The molecule has 3 aliphatic rings. The first-order chi connectivity index (χ1) is 9.78. The summed E-state index contributed by atoms with van der Waals surface area (Å²) < 4.78 is 0. The van der Waals surface area contributed by atoms with Gasteiger partial charge >= 0.3 is 0 Å². The third-order valence-corrected chi connectivity index (χ3v) is 6.62. The molecule has 3 aliphatic carbocycles. The van der Waals surface area contributed by atoms with E-state index < -0.39 is 0 Å². The Kier molecular flexibility index (Phi) is 3.14. The van der Waals surface area contributed by atoms with E-state index in [9.17, 15) is 0 Å². The number of fused-ring (bicyclic) bond motifs is 3. The maximum atomic E-state index is 6.27. The quantitative estimate of drug-likeness (QED) is 0.883. The van der Waals surface area contributed by atoms with Gasteiger partial charge in [0.05, 0.1) is 0 Å². The van der Waals surface area contributed by atoms with Crippen molar-refractivity contribution in [2.75, 3.05) is 6.54 Å². The number of hydrogen-bond acceptors (Lipinski definition) is 1. The molecule has 2 fully saturated rings. The van der Waals surface area contributed by atoms with E-state index in [1.165, 1.54) is 51.4 Å². The van der Waals surface area contributed by atoms with Crippen molar-refractivity contribution in [2.45, 2.75) is 51.4 Å². The second-order valence-corrected chi connectivity index (χ2v) is 7.79. The summed E-state index contributed by atoms with van der Waals surface area (Å²) in [5, 5.41) is 0. The van der Waals surface area contributed by atoms with Gasteiger partial charge in [-0.15, -0.1) is 0 Å². The Bertz CT molecular complexity index is 494. The van der Waals surface area contributed by atoms with E-state index in [1.54, 1.807) is 11.1 Å². The van der Waals surface area contributed by atoms with Crippen molar-refractivity contribution in [1.29, 1.82) is 0 Å². The smallest absolute Gasteiger partial charge is 0.00171 e. The molecule has 20 heavy (non-hydrogen) atoms. The third-order valence-electron chi connectivity index (χ3n) is 6.62. The van der Waals surface area contributed by atoms with Gasteiger partial charge in [-0.05, 0) is 85.8 Å². The van der Waals surface area contributed by atoms with Crippen LogP contribution in [-0.2, 0) is 12.8 Å². The zero-order valence-electron chi connectivity index (χ0n) is 12.5. The molecular weight excluding hydrogens is 242 g/mol. The van der Waals surface area contributed by atoms with Gasteiger partial charge in [0.25, 0.3) is 0 Å². The second-order valence-electron chi connectivity index (χ2n) is 7.79. The predicted octanol–water partition coefficient (Wildman–Crippen LogP) is 3.95. The number of aryl methyl sites for hydroxylation is 1. The zero-order chi connectivity index (χ0) is 13.6. The van der Waals surface area contributed by atoms with Crippen molar-refractivity contribution < 1.29 is 0 Å². The highest BCUT2D eigenvalue weighted by atomic mass is 14.6. The molecule has 1 aromatic carbocycles. The van der Waals surface area contributed by atoms with Crippen molar-refractivity contribution in [3.63, 3.8) is 0 Å². The van der Waals surface area contributed by atoms with Crippen LogP contribution in [-0.4, -0.2) is 6.54 Å². The number of nitrogens with two attached hydrogens (primary N) is 1. The van der Waals surface area contributed by atoms with Crippen molar-refractivity contribution in [3.05, 3.63) is 35.4 Å².